The number of carboxylic acids is 1. The average molecular weight is 467 g/mol. The third-order valence-corrected chi connectivity index (χ3v) is 6.47. The van der Waals surface area contributed by atoms with Crippen molar-refractivity contribution in [2.24, 2.45) is 5.92 Å². The standard InChI is InChI=1S/C27H34N2O5/c1-4-29(19(3)16-25(30)31)26(32)18(2)10-9-15-28-27(33)34-17-24-22-13-7-5-11-20(22)21-12-6-8-14-23(21)24/h5-8,11-14,18-19,24H,4,9-10,15-17H2,1-3H3,(H,28,33)(H,30,31). The predicted molar refractivity (Wildman–Crippen MR) is 131 cm³/mol. The minimum atomic E-state index is -0.918. The molecule has 1 aliphatic carbocycles. The molecule has 7 heteroatoms. The molecule has 1 aliphatic rings. The van der Waals surface area contributed by atoms with Crippen molar-refractivity contribution in [1.29, 1.82) is 0 Å². The normalized spacial score (nSPS) is 14.0. The predicted octanol–water partition coefficient (Wildman–Crippen LogP) is 4.65. The quantitative estimate of drug-likeness (QED) is 0.470. The smallest absolute Gasteiger partial charge is 0.407 e. The summed E-state index contributed by atoms with van der Waals surface area (Å²) in [5.41, 5.74) is 4.71. The van der Waals surface area contributed by atoms with E-state index in [0.29, 0.717) is 25.9 Å². The van der Waals surface area contributed by atoms with Crippen molar-refractivity contribution < 1.29 is 24.2 Å². The fourth-order valence-corrected chi connectivity index (χ4v) is 4.70. The van der Waals surface area contributed by atoms with Crippen molar-refractivity contribution in [1.82, 2.24) is 10.2 Å². The first-order chi connectivity index (χ1) is 16.3. The molecular formula is C27H34N2O5. The van der Waals surface area contributed by atoms with Crippen molar-refractivity contribution in [3.63, 3.8) is 0 Å². The Morgan fingerprint density at radius 1 is 1.03 bits per heavy atom. The number of ether oxygens (including phenoxy) is 1. The van der Waals surface area contributed by atoms with Crippen molar-refractivity contribution in [2.75, 3.05) is 19.7 Å². The Morgan fingerprint density at radius 2 is 1.62 bits per heavy atom. The summed E-state index contributed by atoms with van der Waals surface area (Å²) in [5, 5.41) is 11.8. The van der Waals surface area contributed by atoms with Crippen LogP contribution in [0.25, 0.3) is 11.1 Å². The zero-order valence-corrected chi connectivity index (χ0v) is 20.1. The van der Waals surface area contributed by atoms with Crippen molar-refractivity contribution in [3.8, 4) is 11.1 Å². The van der Waals surface area contributed by atoms with Gasteiger partial charge in [0, 0.05) is 31.0 Å². The Morgan fingerprint density at radius 3 is 2.18 bits per heavy atom. The van der Waals surface area contributed by atoms with Crippen LogP contribution >= 0.6 is 0 Å². The van der Waals surface area contributed by atoms with Crippen LogP contribution in [0.2, 0.25) is 0 Å². The lowest BCUT2D eigenvalue weighted by molar-refractivity contribution is -0.142. The highest BCUT2D eigenvalue weighted by molar-refractivity contribution is 5.80. The number of rotatable bonds is 11. The number of benzene rings is 2. The van der Waals surface area contributed by atoms with Crippen LogP contribution in [-0.2, 0) is 14.3 Å². The van der Waals surface area contributed by atoms with Gasteiger partial charge in [0.25, 0.3) is 0 Å². The van der Waals surface area contributed by atoms with E-state index in [-0.39, 0.29) is 36.8 Å². The SMILES string of the molecule is CCN(C(=O)C(C)CCCNC(=O)OCC1c2ccccc2-c2ccccc21)C(C)CC(=O)O. The third-order valence-electron chi connectivity index (χ3n) is 6.47. The van der Waals surface area contributed by atoms with Gasteiger partial charge in [-0.25, -0.2) is 4.79 Å². The molecule has 0 saturated carbocycles. The van der Waals surface area contributed by atoms with E-state index in [2.05, 4.69) is 29.6 Å². The van der Waals surface area contributed by atoms with Crippen LogP contribution in [0.4, 0.5) is 4.79 Å². The molecule has 2 N–H and O–H groups in total. The second kappa shape index (κ2) is 11.7. The van der Waals surface area contributed by atoms with Gasteiger partial charge in [-0.2, -0.15) is 0 Å². The van der Waals surface area contributed by atoms with E-state index in [1.165, 1.54) is 22.3 Å². The van der Waals surface area contributed by atoms with Gasteiger partial charge in [0.15, 0.2) is 0 Å². The lowest BCUT2D eigenvalue weighted by Crippen LogP contribution is -2.42. The number of nitrogens with zero attached hydrogens (tertiary/aromatic N) is 1. The molecule has 0 fully saturated rings. The number of hydrogen-bond donors (Lipinski definition) is 2. The Bertz CT molecular complexity index is 976. The number of hydrogen-bond acceptors (Lipinski definition) is 4. The largest absolute Gasteiger partial charge is 0.481 e. The fourth-order valence-electron chi connectivity index (χ4n) is 4.70. The minimum Gasteiger partial charge on any atom is -0.481 e. The Hall–Kier alpha value is -3.35. The van der Waals surface area contributed by atoms with Crippen LogP contribution in [0.3, 0.4) is 0 Å². The molecule has 2 aromatic rings. The summed E-state index contributed by atoms with van der Waals surface area (Å²) in [7, 11) is 0. The summed E-state index contributed by atoms with van der Waals surface area (Å²) >= 11 is 0. The maximum atomic E-state index is 12.7. The molecule has 0 saturated heterocycles. The molecule has 2 aromatic carbocycles. The zero-order chi connectivity index (χ0) is 24.7. The van der Waals surface area contributed by atoms with E-state index in [1.807, 2.05) is 38.1 Å². The Labute approximate surface area is 201 Å². The molecule has 2 amide bonds. The molecule has 0 aromatic heterocycles. The molecule has 0 spiro atoms. The number of carbonyl (C=O) groups is 3. The van der Waals surface area contributed by atoms with Gasteiger partial charge < -0.3 is 20.1 Å². The number of aliphatic carboxylic acids is 1. The van der Waals surface area contributed by atoms with Gasteiger partial charge in [0.2, 0.25) is 5.91 Å². The number of carboxylic acid groups (broad SMARTS) is 1. The van der Waals surface area contributed by atoms with E-state index < -0.39 is 12.1 Å². The highest BCUT2D eigenvalue weighted by Crippen LogP contribution is 2.44. The lowest BCUT2D eigenvalue weighted by Gasteiger charge is -2.29. The summed E-state index contributed by atoms with van der Waals surface area (Å²) in [6.45, 7) is 6.58. The van der Waals surface area contributed by atoms with E-state index in [9.17, 15) is 14.4 Å². The number of amides is 2. The first kappa shape index (κ1) is 25.3. The van der Waals surface area contributed by atoms with Crippen LogP contribution in [0.5, 0.6) is 0 Å². The van der Waals surface area contributed by atoms with Crippen LogP contribution in [0.15, 0.2) is 48.5 Å². The van der Waals surface area contributed by atoms with Crippen LogP contribution in [-0.4, -0.2) is 53.7 Å². The molecule has 2 atom stereocenters. The number of carbonyl (C=O) groups excluding carboxylic acids is 2. The van der Waals surface area contributed by atoms with E-state index in [4.69, 9.17) is 9.84 Å². The van der Waals surface area contributed by atoms with Crippen LogP contribution in [0.1, 0.15) is 57.1 Å². The van der Waals surface area contributed by atoms with Gasteiger partial charge in [-0.15, -0.1) is 0 Å². The van der Waals surface area contributed by atoms with Gasteiger partial charge in [0.1, 0.15) is 6.61 Å². The van der Waals surface area contributed by atoms with Gasteiger partial charge in [0.05, 0.1) is 6.42 Å². The molecule has 7 nitrogen and oxygen atoms in total. The van der Waals surface area contributed by atoms with Gasteiger partial charge in [-0.05, 0) is 48.9 Å². The molecule has 0 radical (unpaired) electrons. The van der Waals surface area contributed by atoms with Crippen LogP contribution in [0, 0.1) is 5.92 Å². The molecule has 182 valence electrons. The van der Waals surface area contributed by atoms with E-state index >= 15 is 0 Å². The van der Waals surface area contributed by atoms with Crippen molar-refractivity contribution in [2.45, 2.75) is 52.0 Å². The number of nitrogens with one attached hydrogen (secondary N) is 1. The summed E-state index contributed by atoms with van der Waals surface area (Å²) in [5.74, 6) is -1.21. The monoisotopic (exact) mass is 466 g/mol. The van der Waals surface area contributed by atoms with Gasteiger partial charge in [-0.1, -0.05) is 55.5 Å². The van der Waals surface area contributed by atoms with Gasteiger partial charge in [-0.3, -0.25) is 9.59 Å². The second-order valence-corrected chi connectivity index (χ2v) is 8.87. The van der Waals surface area contributed by atoms with Crippen molar-refractivity contribution >= 4 is 18.0 Å². The molecular weight excluding hydrogens is 432 g/mol. The van der Waals surface area contributed by atoms with E-state index in [0.717, 1.165) is 0 Å². The molecule has 2 unspecified atom stereocenters. The second-order valence-electron chi connectivity index (χ2n) is 8.87. The summed E-state index contributed by atoms with van der Waals surface area (Å²) in [4.78, 5) is 37.6. The molecule has 0 bridgehead atoms. The minimum absolute atomic E-state index is 0.0172. The molecule has 34 heavy (non-hydrogen) atoms. The molecule has 0 aliphatic heterocycles. The van der Waals surface area contributed by atoms with Crippen molar-refractivity contribution in [3.05, 3.63) is 59.7 Å². The van der Waals surface area contributed by atoms with Crippen LogP contribution < -0.4 is 5.32 Å². The third kappa shape index (κ3) is 5.95. The maximum Gasteiger partial charge on any atom is 0.407 e. The topological polar surface area (TPSA) is 95.9 Å². The summed E-state index contributed by atoms with van der Waals surface area (Å²) < 4.78 is 5.54. The number of alkyl carbamates (subject to hydrolysis) is 1. The lowest BCUT2D eigenvalue weighted by atomic mass is 9.98. The first-order valence-electron chi connectivity index (χ1n) is 11.9. The highest BCUT2D eigenvalue weighted by Gasteiger charge is 2.29. The first-order valence-corrected chi connectivity index (χ1v) is 11.9. The summed E-state index contributed by atoms with van der Waals surface area (Å²) in [6.07, 6.45) is 0.683. The van der Waals surface area contributed by atoms with E-state index in [1.54, 1.807) is 11.8 Å². The Balaban J connectivity index is 1.43. The zero-order valence-electron chi connectivity index (χ0n) is 20.1. The molecule has 0 heterocycles. The number of fused-ring (bicyclic) bond motifs is 3. The highest BCUT2D eigenvalue weighted by atomic mass is 16.5. The van der Waals surface area contributed by atoms with Gasteiger partial charge >= 0.3 is 12.1 Å². The molecule has 3 rings (SSSR count). The maximum absolute atomic E-state index is 12.7. The summed E-state index contributed by atoms with van der Waals surface area (Å²) in [6, 6.07) is 16.0. The fraction of sp³-hybridized carbons (Fsp3) is 0.444. The average Bonchev–Trinajstić information content (AvgIpc) is 3.14. The Kier molecular flexibility index (Phi) is 8.68.